The van der Waals surface area contributed by atoms with E-state index in [0.29, 0.717) is 31.5 Å². The number of aromatic nitrogens is 5. The molecule has 0 aliphatic carbocycles. The van der Waals surface area contributed by atoms with Crippen LogP contribution in [0.4, 0.5) is 0 Å². The zero-order chi connectivity index (χ0) is 20.7. The van der Waals surface area contributed by atoms with Crippen molar-refractivity contribution in [3.05, 3.63) is 61.7 Å². The van der Waals surface area contributed by atoms with Crippen molar-refractivity contribution in [3.63, 3.8) is 0 Å². The summed E-state index contributed by atoms with van der Waals surface area (Å²) in [6.45, 7) is 2.88. The Bertz CT molecular complexity index is 1280. The summed E-state index contributed by atoms with van der Waals surface area (Å²) < 4.78 is 4.12. The third-order valence-corrected chi connectivity index (χ3v) is 7.03. The molecule has 5 rings (SSSR count). The second kappa shape index (κ2) is 7.77. The zero-order valence-electron chi connectivity index (χ0n) is 16.4. The Balaban J connectivity index is 1.29. The molecular formula is C20H20N6O2S2. The van der Waals surface area contributed by atoms with E-state index in [1.807, 2.05) is 30.5 Å². The molecule has 1 N–H and O–H groups in total. The number of carbonyl (C=O) groups excluding carboxylic acids is 1. The second-order valence-electron chi connectivity index (χ2n) is 7.37. The second-order valence-corrected chi connectivity index (χ2v) is 9.29. The number of carbonyl (C=O) groups is 1. The highest BCUT2D eigenvalue weighted by Crippen LogP contribution is 2.23. The fraction of sp³-hybridized carbons (Fsp3) is 0.350. The third-order valence-electron chi connectivity index (χ3n) is 5.33. The van der Waals surface area contributed by atoms with Crippen molar-refractivity contribution in [1.82, 2.24) is 29.6 Å². The minimum Gasteiger partial charge on any atom is -0.349 e. The summed E-state index contributed by atoms with van der Waals surface area (Å²) in [5.74, 6) is 0.680. The quantitative estimate of drug-likeness (QED) is 0.526. The van der Waals surface area contributed by atoms with Crippen molar-refractivity contribution in [1.29, 1.82) is 0 Å². The first-order valence-corrected chi connectivity index (χ1v) is 11.5. The molecule has 30 heavy (non-hydrogen) atoms. The molecule has 0 saturated carbocycles. The number of hydrogen-bond donors (Lipinski definition) is 1. The van der Waals surface area contributed by atoms with E-state index in [-0.39, 0.29) is 17.6 Å². The van der Waals surface area contributed by atoms with Crippen molar-refractivity contribution in [2.75, 3.05) is 0 Å². The van der Waals surface area contributed by atoms with Crippen LogP contribution in [0.2, 0.25) is 0 Å². The first kappa shape index (κ1) is 19.1. The topological polar surface area (TPSA) is 94.7 Å². The lowest BCUT2D eigenvalue weighted by Gasteiger charge is -2.16. The van der Waals surface area contributed by atoms with Crippen LogP contribution in [0, 0.1) is 6.92 Å². The number of fused-ring (bicyclic) bond motifs is 2. The number of rotatable bonds is 4. The first-order valence-electron chi connectivity index (χ1n) is 9.79. The molecule has 10 heteroatoms. The van der Waals surface area contributed by atoms with Gasteiger partial charge in [-0.05, 0) is 31.9 Å². The lowest BCUT2D eigenvalue weighted by atomic mass is 10.1. The number of nitrogens with zero attached hydrogens (tertiary/aromatic N) is 5. The maximum Gasteiger partial charge on any atom is 0.346 e. The maximum absolute atomic E-state index is 12.8. The normalized spacial score (nSPS) is 16.4. The lowest BCUT2D eigenvalue weighted by molar-refractivity contribution is 0.0934. The Morgan fingerprint density at radius 3 is 3.03 bits per heavy atom. The summed E-state index contributed by atoms with van der Waals surface area (Å²) in [5.41, 5.74) is 3.99. The van der Waals surface area contributed by atoms with E-state index >= 15 is 0 Å². The molecule has 154 valence electrons. The van der Waals surface area contributed by atoms with Crippen molar-refractivity contribution in [3.8, 4) is 0 Å². The van der Waals surface area contributed by atoms with E-state index in [2.05, 4.69) is 20.4 Å². The van der Waals surface area contributed by atoms with Crippen LogP contribution in [0.25, 0.3) is 10.2 Å². The smallest absolute Gasteiger partial charge is 0.346 e. The Morgan fingerprint density at radius 1 is 1.30 bits per heavy atom. The molecule has 0 saturated heterocycles. The first-order chi connectivity index (χ1) is 14.6. The molecule has 1 aliphatic heterocycles. The van der Waals surface area contributed by atoms with E-state index in [1.165, 1.54) is 16.0 Å². The van der Waals surface area contributed by atoms with Gasteiger partial charge in [0.2, 0.25) is 0 Å². The molecule has 1 aliphatic rings. The number of nitrogens with one attached hydrogen (secondary N) is 1. The molecular weight excluding hydrogens is 420 g/mol. The fourth-order valence-corrected chi connectivity index (χ4v) is 5.24. The van der Waals surface area contributed by atoms with Gasteiger partial charge < -0.3 is 5.32 Å². The highest BCUT2D eigenvalue weighted by Gasteiger charge is 2.23. The summed E-state index contributed by atoms with van der Waals surface area (Å²) in [7, 11) is 0. The maximum atomic E-state index is 12.8. The molecule has 1 amide bonds. The molecule has 1 atom stereocenters. The predicted octanol–water partition coefficient (Wildman–Crippen LogP) is 2.60. The molecule has 4 heterocycles. The van der Waals surface area contributed by atoms with Gasteiger partial charge in [0.15, 0.2) is 0 Å². The van der Waals surface area contributed by atoms with Gasteiger partial charge in [-0.1, -0.05) is 6.07 Å². The summed E-state index contributed by atoms with van der Waals surface area (Å²) in [6, 6.07) is 5.59. The monoisotopic (exact) mass is 440 g/mol. The summed E-state index contributed by atoms with van der Waals surface area (Å²) in [5, 5.41) is 10.6. The number of aryl methyl sites for hydroxylation is 2. The molecule has 0 bridgehead atoms. The largest absolute Gasteiger partial charge is 0.349 e. The Morgan fingerprint density at radius 2 is 2.20 bits per heavy atom. The number of benzene rings is 1. The van der Waals surface area contributed by atoms with Crippen LogP contribution in [0.1, 0.15) is 39.7 Å². The molecule has 1 unspecified atom stereocenters. The van der Waals surface area contributed by atoms with Gasteiger partial charge in [0.1, 0.15) is 5.82 Å². The number of amides is 1. The van der Waals surface area contributed by atoms with Crippen molar-refractivity contribution in [2.24, 2.45) is 0 Å². The Kier molecular flexibility index (Phi) is 4.95. The van der Waals surface area contributed by atoms with E-state index in [1.54, 1.807) is 21.4 Å². The Labute approximate surface area is 180 Å². The predicted molar refractivity (Wildman–Crippen MR) is 116 cm³/mol. The van der Waals surface area contributed by atoms with E-state index in [4.69, 9.17) is 0 Å². The van der Waals surface area contributed by atoms with Crippen LogP contribution in [-0.4, -0.2) is 36.3 Å². The van der Waals surface area contributed by atoms with Crippen molar-refractivity contribution >= 4 is 38.8 Å². The van der Waals surface area contributed by atoms with Crippen molar-refractivity contribution in [2.45, 2.75) is 45.3 Å². The SMILES string of the molecule is Cc1nc(Cn2nc3n(c2=O)CCC(NC(=O)c2cccc4ncsc24)CC3)cs1. The molecule has 8 nitrogen and oxygen atoms in total. The van der Waals surface area contributed by atoms with Crippen LogP contribution in [0.15, 0.2) is 33.9 Å². The van der Waals surface area contributed by atoms with Gasteiger partial charge in [0.05, 0.1) is 38.5 Å². The van der Waals surface area contributed by atoms with Crippen molar-refractivity contribution < 1.29 is 4.79 Å². The summed E-state index contributed by atoms with van der Waals surface area (Å²) in [4.78, 5) is 34.3. The average Bonchev–Trinajstić information content (AvgIpc) is 3.41. The van der Waals surface area contributed by atoms with Gasteiger partial charge in [-0.25, -0.2) is 19.4 Å². The zero-order valence-corrected chi connectivity index (χ0v) is 18.0. The van der Waals surface area contributed by atoms with Gasteiger partial charge in [-0.3, -0.25) is 9.36 Å². The molecule has 1 aromatic carbocycles. The molecule has 0 radical (unpaired) electrons. The lowest BCUT2D eigenvalue weighted by Crippen LogP contribution is -2.36. The molecule has 3 aromatic heterocycles. The van der Waals surface area contributed by atoms with Crippen LogP contribution >= 0.6 is 22.7 Å². The van der Waals surface area contributed by atoms with Gasteiger partial charge in [-0.2, -0.15) is 5.10 Å². The van der Waals surface area contributed by atoms with Crippen LogP contribution in [0.5, 0.6) is 0 Å². The van der Waals surface area contributed by atoms with E-state index in [9.17, 15) is 9.59 Å². The number of hydrogen-bond acceptors (Lipinski definition) is 7. The fourth-order valence-electron chi connectivity index (χ4n) is 3.84. The minimum absolute atomic E-state index is 0.00332. The summed E-state index contributed by atoms with van der Waals surface area (Å²) >= 11 is 3.04. The highest BCUT2D eigenvalue weighted by atomic mass is 32.1. The molecule has 0 fully saturated rings. The van der Waals surface area contributed by atoms with Gasteiger partial charge >= 0.3 is 5.69 Å². The number of thiazole rings is 2. The molecule has 4 aromatic rings. The van der Waals surface area contributed by atoms with Gasteiger partial charge in [-0.15, -0.1) is 22.7 Å². The van der Waals surface area contributed by atoms with Crippen LogP contribution < -0.4 is 11.0 Å². The van der Waals surface area contributed by atoms with Gasteiger partial charge in [0.25, 0.3) is 5.91 Å². The van der Waals surface area contributed by atoms with Gasteiger partial charge in [0, 0.05) is 24.4 Å². The van der Waals surface area contributed by atoms with E-state index < -0.39 is 0 Å². The third kappa shape index (κ3) is 3.56. The standard InChI is InChI=1S/C20H20N6O2S2/c1-12-22-14(10-29-12)9-26-20(28)25-8-7-13(5-6-17(25)24-26)23-19(27)15-3-2-4-16-18(15)30-11-21-16/h2-4,10-11,13H,5-9H2,1H3,(H,23,27). The minimum atomic E-state index is -0.114. The highest BCUT2D eigenvalue weighted by molar-refractivity contribution is 7.17. The van der Waals surface area contributed by atoms with Crippen LogP contribution in [-0.2, 0) is 19.5 Å². The molecule has 0 spiro atoms. The Hall–Kier alpha value is -2.85. The van der Waals surface area contributed by atoms with Crippen LogP contribution in [0.3, 0.4) is 0 Å². The van der Waals surface area contributed by atoms with E-state index in [0.717, 1.165) is 33.2 Å². The summed E-state index contributed by atoms with van der Waals surface area (Å²) in [6.07, 6.45) is 2.09. The average molecular weight is 441 g/mol.